The maximum Gasteiger partial charge on any atom is 0.241 e. The molecule has 25 heavy (non-hydrogen) atoms. The lowest BCUT2D eigenvalue weighted by atomic mass is 10.2. The van der Waals surface area contributed by atoms with Crippen molar-refractivity contribution in [2.45, 2.75) is 0 Å². The summed E-state index contributed by atoms with van der Waals surface area (Å²) in [4.78, 5) is 16.1. The molecule has 0 atom stereocenters. The van der Waals surface area contributed by atoms with Crippen molar-refractivity contribution < 1.29 is 9.18 Å². The Bertz CT molecular complexity index is 764. The Labute approximate surface area is 156 Å². The molecule has 4 nitrogen and oxygen atoms in total. The molecule has 1 fully saturated rings. The summed E-state index contributed by atoms with van der Waals surface area (Å²) in [6.45, 7) is 2.45. The first-order chi connectivity index (χ1) is 12.0. The zero-order chi connectivity index (χ0) is 17.8. The number of carbonyl (C=O) groups is 1. The van der Waals surface area contributed by atoms with Gasteiger partial charge in [0.15, 0.2) is 0 Å². The van der Waals surface area contributed by atoms with E-state index < -0.39 is 0 Å². The van der Waals surface area contributed by atoms with Crippen LogP contribution in [0.2, 0.25) is 10.0 Å². The van der Waals surface area contributed by atoms with Gasteiger partial charge in [-0.1, -0.05) is 35.3 Å². The Hall–Kier alpha value is -1.98. The Morgan fingerprint density at radius 2 is 1.80 bits per heavy atom. The van der Waals surface area contributed by atoms with Crippen molar-refractivity contribution in [1.82, 2.24) is 4.90 Å². The molecule has 1 aliphatic heterocycles. The summed E-state index contributed by atoms with van der Waals surface area (Å²) in [5.74, 6) is -0.260. The van der Waals surface area contributed by atoms with Gasteiger partial charge in [0.05, 0.1) is 22.9 Å². The van der Waals surface area contributed by atoms with Gasteiger partial charge in [0.25, 0.3) is 0 Å². The van der Waals surface area contributed by atoms with Gasteiger partial charge in [-0.15, -0.1) is 0 Å². The molecule has 1 heterocycles. The van der Waals surface area contributed by atoms with Crippen LogP contribution >= 0.6 is 23.2 Å². The highest BCUT2D eigenvalue weighted by Gasteiger charge is 2.22. The van der Waals surface area contributed by atoms with E-state index >= 15 is 0 Å². The van der Waals surface area contributed by atoms with Crippen molar-refractivity contribution in [3.8, 4) is 0 Å². The minimum Gasteiger partial charge on any atom is -0.375 e. The molecule has 2 aromatic rings. The summed E-state index contributed by atoms with van der Waals surface area (Å²) in [5, 5.41) is 4.09. The highest BCUT2D eigenvalue weighted by Crippen LogP contribution is 2.25. The largest absolute Gasteiger partial charge is 0.375 e. The second kappa shape index (κ2) is 7.93. The maximum absolute atomic E-state index is 13.9. The summed E-state index contributed by atoms with van der Waals surface area (Å²) in [5.41, 5.74) is 1.21. The fourth-order valence-electron chi connectivity index (χ4n) is 2.82. The van der Waals surface area contributed by atoms with Gasteiger partial charge >= 0.3 is 0 Å². The fourth-order valence-corrected chi connectivity index (χ4v) is 3.18. The molecule has 7 heteroatoms. The maximum atomic E-state index is 13.9. The van der Waals surface area contributed by atoms with E-state index in [0.717, 1.165) is 0 Å². The molecule has 0 unspecified atom stereocenters. The molecule has 132 valence electrons. The van der Waals surface area contributed by atoms with Crippen LogP contribution in [0.3, 0.4) is 0 Å². The first-order valence-corrected chi connectivity index (χ1v) is 8.76. The highest BCUT2D eigenvalue weighted by molar-refractivity contribution is 6.35. The molecule has 2 aromatic carbocycles. The molecule has 1 N–H and O–H groups in total. The van der Waals surface area contributed by atoms with Gasteiger partial charge in [0.2, 0.25) is 5.91 Å². The monoisotopic (exact) mass is 381 g/mol. The number of nitrogens with zero attached hydrogens (tertiary/aromatic N) is 2. The molecule has 1 aliphatic rings. The number of nitrogens with one attached hydrogen (secondary N) is 1. The van der Waals surface area contributed by atoms with Crippen molar-refractivity contribution in [3.05, 3.63) is 58.3 Å². The fraction of sp³-hybridized carbons (Fsp3) is 0.278. The van der Waals surface area contributed by atoms with Crippen LogP contribution in [0, 0.1) is 5.82 Å². The number of halogens is 3. The standard InChI is InChI=1S/C18H18Cl2FN3O/c19-13-5-6-14(20)16(11-13)22-12-18(25)24-9-7-23(8-10-24)17-4-2-1-3-15(17)21/h1-6,11,22H,7-10,12H2. The van der Waals surface area contributed by atoms with Crippen LogP contribution in [0.4, 0.5) is 15.8 Å². The number of rotatable bonds is 4. The second-order valence-corrected chi connectivity index (χ2v) is 6.64. The predicted octanol–water partition coefficient (Wildman–Crippen LogP) is 3.89. The van der Waals surface area contributed by atoms with Crippen molar-refractivity contribution >= 4 is 40.5 Å². The highest BCUT2D eigenvalue weighted by atomic mass is 35.5. The van der Waals surface area contributed by atoms with Crippen molar-refractivity contribution in [1.29, 1.82) is 0 Å². The van der Waals surface area contributed by atoms with E-state index in [-0.39, 0.29) is 18.3 Å². The Kier molecular flexibility index (Phi) is 5.66. The van der Waals surface area contributed by atoms with E-state index in [1.54, 1.807) is 35.2 Å². The summed E-state index contributed by atoms with van der Waals surface area (Å²) in [7, 11) is 0. The molecule has 0 saturated carbocycles. The van der Waals surface area contributed by atoms with Crippen LogP contribution in [-0.4, -0.2) is 43.5 Å². The Morgan fingerprint density at radius 3 is 2.52 bits per heavy atom. The van der Waals surface area contributed by atoms with Gasteiger partial charge in [0, 0.05) is 31.2 Å². The number of amides is 1. The van der Waals surface area contributed by atoms with E-state index in [1.165, 1.54) is 6.07 Å². The Morgan fingerprint density at radius 1 is 1.08 bits per heavy atom. The first-order valence-electron chi connectivity index (χ1n) is 8.01. The third-order valence-electron chi connectivity index (χ3n) is 4.18. The van der Waals surface area contributed by atoms with Gasteiger partial charge in [-0.2, -0.15) is 0 Å². The molecule has 0 aromatic heterocycles. The number of benzene rings is 2. The van der Waals surface area contributed by atoms with E-state index in [2.05, 4.69) is 5.32 Å². The SMILES string of the molecule is O=C(CNc1cc(Cl)ccc1Cl)N1CCN(c2ccccc2F)CC1. The summed E-state index contributed by atoms with van der Waals surface area (Å²) in [6, 6.07) is 11.8. The minimum atomic E-state index is -0.237. The van der Waals surface area contributed by atoms with Crippen molar-refractivity contribution in [2.75, 3.05) is 42.9 Å². The van der Waals surface area contributed by atoms with Gasteiger partial charge in [-0.3, -0.25) is 4.79 Å². The van der Waals surface area contributed by atoms with Crippen LogP contribution in [-0.2, 0) is 4.79 Å². The molecule has 1 saturated heterocycles. The third kappa shape index (κ3) is 4.35. The number of piperazine rings is 1. The van der Waals surface area contributed by atoms with Crippen molar-refractivity contribution in [2.24, 2.45) is 0 Å². The van der Waals surface area contributed by atoms with Gasteiger partial charge in [0.1, 0.15) is 5.82 Å². The molecule has 0 spiro atoms. The number of carbonyl (C=O) groups excluding carboxylic acids is 1. The smallest absolute Gasteiger partial charge is 0.241 e. The van der Waals surface area contributed by atoms with Gasteiger partial charge in [-0.25, -0.2) is 4.39 Å². The molecule has 0 aliphatic carbocycles. The quantitative estimate of drug-likeness (QED) is 0.872. The van der Waals surface area contributed by atoms with Crippen LogP contribution in [0.15, 0.2) is 42.5 Å². The van der Waals surface area contributed by atoms with Crippen LogP contribution in [0.5, 0.6) is 0 Å². The molecular weight excluding hydrogens is 364 g/mol. The number of para-hydroxylation sites is 1. The lowest BCUT2D eigenvalue weighted by Crippen LogP contribution is -2.50. The van der Waals surface area contributed by atoms with E-state index in [1.807, 2.05) is 11.0 Å². The second-order valence-electron chi connectivity index (χ2n) is 5.80. The number of hydrogen-bond donors (Lipinski definition) is 1. The lowest BCUT2D eigenvalue weighted by Gasteiger charge is -2.36. The van der Waals surface area contributed by atoms with E-state index in [0.29, 0.717) is 47.6 Å². The average molecular weight is 382 g/mol. The normalized spacial score (nSPS) is 14.5. The summed E-state index contributed by atoms with van der Waals surface area (Å²) >= 11 is 12.0. The van der Waals surface area contributed by atoms with Crippen LogP contribution in [0.1, 0.15) is 0 Å². The zero-order valence-corrected chi connectivity index (χ0v) is 15.0. The summed E-state index contributed by atoms with van der Waals surface area (Å²) < 4.78 is 13.9. The van der Waals surface area contributed by atoms with Crippen LogP contribution < -0.4 is 10.2 Å². The average Bonchev–Trinajstić information content (AvgIpc) is 2.63. The van der Waals surface area contributed by atoms with E-state index in [4.69, 9.17) is 23.2 Å². The molecule has 0 radical (unpaired) electrons. The molecule has 1 amide bonds. The number of anilines is 2. The zero-order valence-electron chi connectivity index (χ0n) is 13.5. The lowest BCUT2D eigenvalue weighted by molar-refractivity contribution is -0.129. The summed E-state index contributed by atoms with van der Waals surface area (Å²) in [6.07, 6.45) is 0. The predicted molar refractivity (Wildman–Crippen MR) is 100 cm³/mol. The topological polar surface area (TPSA) is 35.6 Å². The number of hydrogen-bond acceptors (Lipinski definition) is 3. The molecular formula is C18H18Cl2FN3O. The van der Waals surface area contributed by atoms with Gasteiger partial charge < -0.3 is 15.1 Å². The van der Waals surface area contributed by atoms with E-state index in [9.17, 15) is 9.18 Å². The van der Waals surface area contributed by atoms with Gasteiger partial charge in [-0.05, 0) is 30.3 Å². The molecule has 0 bridgehead atoms. The van der Waals surface area contributed by atoms with Crippen LogP contribution in [0.25, 0.3) is 0 Å². The minimum absolute atomic E-state index is 0.0239. The van der Waals surface area contributed by atoms with Crippen molar-refractivity contribution in [3.63, 3.8) is 0 Å². The Balaban J connectivity index is 1.53. The molecule has 3 rings (SSSR count). The third-order valence-corrected chi connectivity index (χ3v) is 4.75. The first kappa shape index (κ1) is 17.8.